The van der Waals surface area contributed by atoms with E-state index in [9.17, 15) is 4.79 Å². The van der Waals surface area contributed by atoms with Gasteiger partial charge in [0, 0.05) is 24.8 Å². The molecule has 6 nitrogen and oxygen atoms in total. The number of hydrogen-bond donors (Lipinski definition) is 1. The maximum Gasteiger partial charge on any atom is 0.274 e. The molecule has 0 saturated carbocycles. The van der Waals surface area contributed by atoms with E-state index >= 15 is 0 Å². The van der Waals surface area contributed by atoms with Crippen molar-refractivity contribution in [2.45, 2.75) is 27.7 Å². The first kappa shape index (κ1) is 17.7. The number of amides is 1. The van der Waals surface area contributed by atoms with E-state index in [1.54, 1.807) is 13.0 Å². The lowest BCUT2D eigenvalue weighted by Crippen LogP contribution is -2.24. The Morgan fingerprint density at radius 3 is 2.38 bits per heavy atom. The zero-order valence-electron chi connectivity index (χ0n) is 14.7. The van der Waals surface area contributed by atoms with Crippen LogP contribution in [-0.2, 0) is 0 Å². The number of hydrogen-bond acceptors (Lipinski definition) is 5. The molecule has 0 fully saturated rings. The van der Waals surface area contributed by atoms with Crippen LogP contribution in [0.4, 0.5) is 11.5 Å². The van der Waals surface area contributed by atoms with Gasteiger partial charge in [-0.1, -0.05) is 0 Å². The molecule has 24 heavy (non-hydrogen) atoms. The molecule has 0 radical (unpaired) electrons. The van der Waals surface area contributed by atoms with Gasteiger partial charge < -0.3 is 15.0 Å². The summed E-state index contributed by atoms with van der Waals surface area (Å²) in [6, 6.07) is 8.99. The topological polar surface area (TPSA) is 67.3 Å². The van der Waals surface area contributed by atoms with Crippen LogP contribution in [0.3, 0.4) is 0 Å². The summed E-state index contributed by atoms with van der Waals surface area (Å²) in [5.74, 6) is 1.87. The second kappa shape index (κ2) is 8.29. The Balaban J connectivity index is 2.17. The summed E-state index contributed by atoms with van der Waals surface area (Å²) in [5, 5.41) is 2.85. The van der Waals surface area contributed by atoms with Gasteiger partial charge in [-0.05, 0) is 52.0 Å². The van der Waals surface area contributed by atoms with Crippen LogP contribution in [0.5, 0.6) is 5.75 Å². The van der Waals surface area contributed by atoms with Gasteiger partial charge in [-0.2, -0.15) is 0 Å². The highest BCUT2D eigenvalue weighted by atomic mass is 16.5. The Hall–Kier alpha value is -2.63. The molecule has 0 aliphatic rings. The molecule has 0 aliphatic carbocycles. The van der Waals surface area contributed by atoms with Crippen molar-refractivity contribution in [3.8, 4) is 5.75 Å². The van der Waals surface area contributed by atoms with Crippen molar-refractivity contribution in [1.82, 2.24) is 9.97 Å². The lowest BCUT2D eigenvalue weighted by molar-refractivity contribution is 0.102. The zero-order valence-corrected chi connectivity index (χ0v) is 14.7. The second-order valence-electron chi connectivity index (χ2n) is 5.24. The number of carbonyl (C=O) groups excluding carboxylic acids is 1. The van der Waals surface area contributed by atoms with Crippen LogP contribution in [0.15, 0.2) is 30.3 Å². The molecule has 0 aliphatic heterocycles. The number of nitrogens with one attached hydrogen (secondary N) is 1. The summed E-state index contributed by atoms with van der Waals surface area (Å²) in [4.78, 5) is 23.2. The van der Waals surface area contributed by atoms with Crippen molar-refractivity contribution in [3.05, 3.63) is 41.9 Å². The average Bonchev–Trinajstić information content (AvgIpc) is 2.57. The van der Waals surface area contributed by atoms with Crippen LogP contribution in [0, 0.1) is 6.92 Å². The van der Waals surface area contributed by atoms with E-state index in [1.807, 2.05) is 31.2 Å². The minimum atomic E-state index is -0.252. The van der Waals surface area contributed by atoms with Gasteiger partial charge in [0.25, 0.3) is 5.91 Å². The van der Waals surface area contributed by atoms with E-state index in [0.29, 0.717) is 23.8 Å². The van der Waals surface area contributed by atoms with E-state index in [0.717, 1.165) is 24.7 Å². The molecule has 1 amide bonds. The summed E-state index contributed by atoms with van der Waals surface area (Å²) < 4.78 is 5.39. The number of aromatic nitrogens is 2. The normalized spacial score (nSPS) is 10.3. The van der Waals surface area contributed by atoms with Gasteiger partial charge in [0.2, 0.25) is 0 Å². The fourth-order valence-corrected chi connectivity index (χ4v) is 2.37. The van der Waals surface area contributed by atoms with Gasteiger partial charge >= 0.3 is 0 Å². The number of nitrogens with zero attached hydrogens (tertiary/aromatic N) is 3. The molecule has 1 heterocycles. The SMILES string of the molecule is CCOc1ccc(NC(=O)c2cc(N(CC)CC)nc(C)n2)cc1. The highest BCUT2D eigenvalue weighted by Gasteiger charge is 2.13. The van der Waals surface area contributed by atoms with Crippen LogP contribution in [-0.4, -0.2) is 35.6 Å². The van der Waals surface area contributed by atoms with E-state index < -0.39 is 0 Å². The molecule has 128 valence electrons. The molecule has 0 unspecified atom stereocenters. The average molecular weight is 328 g/mol. The van der Waals surface area contributed by atoms with Crippen molar-refractivity contribution in [2.75, 3.05) is 29.9 Å². The fourth-order valence-electron chi connectivity index (χ4n) is 2.37. The Bertz CT molecular complexity index is 682. The summed E-state index contributed by atoms with van der Waals surface area (Å²) in [7, 11) is 0. The number of anilines is 2. The standard InChI is InChI=1S/C18H24N4O2/c1-5-22(6-2)17-12-16(19-13(4)20-17)18(23)21-14-8-10-15(11-9-14)24-7-3/h8-12H,5-7H2,1-4H3,(H,21,23). The van der Waals surface area contributed by atoms with Gasteiger partial charge in [0.15, 0.2) is 0 Å². The molecule has 2 rings (SSSR count). The second-order valence-corrected chi connectivity index (χ2v) is 5.24. The van der Waals surface area contributed by atoms with Crippen LogP contribution in [0.2, 0.25) is 0 Å². The lowest BCUT2D eigenvalue weighted by Gasteiger charge is -2.20. The van der Waals surface area contributed by atoms with Crippen LogP contribution < -0.4 is 15.0 Å². The number of ether oxygens (including phenoxy) is 1. The minimum absolute atomic E-state index is 0.252. The molecule has 6 heteroatoms. The van der Waals surface area contributed by atoms with E-state index in [4.69, 9.17) is 4.74 Å². The Labute approximate surface area is 142 Å². The molecule has 0 saturated heterocycles. The number of rotatable bonds is 7. The monoisotopic (exact) mass is 328 g/mol. The summed E-state index contributed by atoms with van der Waals surface area (Å²) in [6.45, 7) is 10.1. The van der Waals surface area contributed by atoms with Crippen LogP contribution in [0.1, 0.15) is 37.1 Å². The first-order valence-corrected chi connectivity index (χ1v) is 8.22. The third-order valence-corrected chi connectivity index (χ3v) is 3.57. The summed E-state index contributed by atoms with van der Waals surface area (Å²) in [5.41, 5.74) is 1.06. The molecular formula is C18H24N4O2. The predicted molar refractivity (Wildman–Crippen MR) is 95.9 cm³/mol. The quantitative estimate of drug-likeness (QED) is 0.845. The number of carbonyl (C=O) groups is 1. The zero-order chi connectivity index (χ0) is 17.5. The highest BCUT2D eigenvalue weighted by Crippen LogP contribution is 2.17. The molecule has 0 spiro atoms. The molecule has 0 atom stereocenters. The molecule has 0 bridgehead atoms. The Morgan fingerprint density at radius 2 is 1.79 bits per heavy atom. The number of benzene rings is 1. The van der Waals surface area contributed by atoms with E-state index in [1.165, 1.54) is 0 Å². The largest absolute Gasteiger partial charge is 0.494 e. The van der Waals surface area contributed by atoms with Gasteiger partial charge in [0.05, 0.1) is 6.61 Å². The molecule has 1 aromatic carbocycles. The van der Waals surface area contributed by atoms with Crippen molar-refractivity contribution < 1.29 is 9.53 Å². The third-order valence-electron chi connectivity index (χ3n) is 3.57. The van der Waals surface area contributed by atoms with Gasteiger partial charge in [-0.15, -0.1) is 0 Å². The van der Waals surface area contributed by atoms with Crippen LogP contribution in [0.25, 0.3) is 0 Å². The van der Waals surface area contributed by atoms with Crippen molar-refractivity contribution in [2.24, 2.45) is 0 Å². The molecule has 1 aromatic heterocycles. The Morgan fingerprint density at radius 1 is 1.12 bits per heavy atom. The molecule has 1 N–H and O–H groups in total. The number of aryl methyl sites for hydroxylation is 1. The van der Waals surface area contributed by atoms with Crippen LogP contribution >= 0.6 is 0 Å². The van der Waals surface area contributed by atoms with E-state index in [2.05, 4.69) is 34.0 Å². The fraction of sp³-hybridized carbons (Fsp3) is 0.389. The first-order chi connectivity index (χ1) is 11.6. The molecule has 2 aromatic rings. The van der Waals surface area contributed by atoms with E-state index in [-0.39, 0.29) is 5.91 Å². The maximum atomic E-state index is 12.5. The van der Waals surface area contributed by atoms with Gasteiger partial charge in [-0.25, -0.2) is 9.97 Å². The van der Waals surface area contributed by atoms with Crippen molar-refractivity contribution in [1.29, 1.82) is 0 Å². The van der Waals surface area contributed by atoms with Crippen molar-refractivity contribution in [3.63, 3.8) is 0 Å². The Kier molecular flexibility index (Phi) is 6.12. The molecular weight excluding hydrogens is 304 g/mol. The maximum absolute atomic E-state index is 12.5. The minimum Gasteiger partial charge on any atom is -0.494 e. The third kappa shape index (κ3) is 4.44. The lowest BCUT2D eigenvalue weighted by atomic mass is 10.2. The summed E-state index contributed by atoms with van der Waals surface area (Å²) in [6.07, 6.45) is 0. The predicted octanol–water partition coefficient (Wildman–Crippen LogP) is 3.28. The van der Waals surface area contributed by atoms with Gasteiger partial charge in [0.1, 0.15) is 23.1 Å². The van der Waals surface area contributed by atoms with Gasteiger partial charge in [-0.3, -0.25) is 4.79 Å². The van der Waals surface area contributed by atoms with Crippen molar-refractivity contribution >= 4 is 17.4 Å². The summed E-state index contributed by atoms with van der Waals surface area (Å²) >= 11 is 0. The smallest absolute Gasteiger partial charge is 0.274 e. The highest BCUT2D eigenvalue weighted by molar-refractivity contribution is 6.03. The first-order valence-electron chi connectivity index (χ1n) is 8.22.